The molecule has 4 saturated carbocycles. The highest BCUT2D eigenvalue weighted by molar-refractivity contribution is 5.86. The van der Waals surface area contributed by atoms with Gasteiger partial charge in [-0.1, -0.05) is 0 Å². The van der Waals surface area contributed by atoms with Crippen molar-refractivity contribution in [2.24, 2.45) is 23.7 Å². The molecule has 1 aromatic rings. The largest absolute Gasteiger partial charge is 0.395 e. The lowest BCUT2D eigenvalue weighted by Crippen LogP contribution is -2.57. The molecule has 4 bridgehead atoms. The van der Waals surface area contributed by atoms with E-state index in [1.807, 2.05) is 0 Å². The Kier molecular flexibility index (Phi) is 5.72. The van der Waals surface area contributed by atoms with Crippen molar-refractivity contribution in [3.63, 3.8) is 0 Å². The van der Waals surface area contributed by atoms with E-state index in [1.54, 1.807) is 11.2 Å². The first kappa shape index (κ1) is 22.2. The molecular formula is C25H35N5O4. The zero-order valence-corrected chi connectivity index (χ0v) is 19.7. The maximum absolute atomic E-state index is 12.9. The average molecular weight is 470 g/mol. The molecule has 184 valence electrons. The highest BCUT2D eigenvalue weighted by atomic mass is 16.3. The minimum atomic E-state index is -0.680. The van der Waals surface area contributed by atoms with E-state index < -0.39 is 6.10 Å². The second kappa shape index (κ2) is 8.75. The van der Waals surface area contributed by atoms with Crippen molar-refractivity contribution in [1.82, 2.24) is 19.8 Å². The molecule has 4 aliphatic carbocycles. The van der Waals surface area contributed by atoms with Gasteiger partial charge in [-0.25, -0.2) is 9.97 Å². The van der Waals surface area contributed by atoms with Gasteiger partial charge in [0.15, 0.2) is 0 Å². The van der Waals surface area contributed by atoms with E-state index in [1.165, 1.54) is 37.0 Å². The Morgan fingerprint density at radius 1 is 1.12 bits per heavy atom. The van der Waals surface area contributed by atoms with Crippen LogP contribution >= 0.6 is 0 Å². The lowest BCUT2D eigenvalue weighted by atomic mass is 9.54. The van der Waals surface area contributed by atoms with Crippen LogP contribution < -0.4 is 4.90 Å². The number of likely N-dealkylation sites (tertiary alicyclic amines) is 1. The zero-order chi connectivity index (χ0) is 23.4. The second-order valence-electron chi connectivity index (χ2n) is 11.2. The van der Waals surface area contributed by atoms with Crippen LogP contribution in [0.1, 0.15) is 49.8 Å². The summed E-state index contributed by atoms with van der Waals surface area (Å²) in [5.74, 6) is 3.81. The number of hydrogen-bond donors (Lipinski definition) is 2. The van der Waals surface area contributed by atoms with Gasteiger partial charge in [-0.3, -0.25) is 9.59 Å². The number of aliphatic hydroxyl groups excluding tert-OH is 2. The van der Waals surface area contributed by atoms with Gasteiger partial charge in [0, 0.05) is 31.2 Å². The van der Waals surface area contributed by atoms with Crippen molar-refractivity contribution < 1.29 is 19.8 Å². The van der Waals surface area contributed by atoms with Gasteiger partial charge in [-0.2, -0.15) is 0 Å². The first-order chi connectivity index (χ1) is 16.5. The number of hydrogen-bond acceptors (Lipinski definition) is 7. The summed E-state index contributed by atoms with van der Waals surface area (Å²) in [4.78, 5) is 39.8. The van der Waals surface area contributed by atoms with E-state index in [0.29, 0.717) is 43.9 Å². The fraction of sp³-hybridized carbons (Fsp3) is 0.760. The van der Waals surface area contributed by atoms with Gasteiger partial charge in [0.25, 0.3) is 0 Å². The highest BCUT2D eigenvalue weighted by Crippen LogP contribution is 2.55. The lowest BCUT2D eigenvalue weighted by molar-refractivity contribution is -0.139. The molecule has 3 heterocycles. The minimum absolute atomic E-state index is 0.00751. The summed E-state index contributed by atoms with van der Waals surface area (Å²) in [5.41, 5.74) is 1.96. The monoisotopic (exact) mass is 469 g/mol. The fourth-order valence-electron chi connectivity index (χ4n) is 7.87. The summed E-state index contributed by atoms with van der Waals surface area (Å²) in [5, 5.41) is 19.7. The van der Waals surface area contributed by atoms with E-state index in [0.717, 1.165) is 28.9 Å². The Labute approximate surface area is 200 Å². The predicted octanol–water partition coefficient (Wildman–Crippen LogP) is 0.578. The SMILES string of the molecule is O=C(CN1CC(O)CC1=O)N1CCc2c(ncnc2N(CCO)C2C3CC4CC(C3)CC2C4)C1. The molecule has 7 rings (SSSR count). The standard InChI is InChI=1S/C25H35N5O4/c31-4-3-30(24-17-6-15-5-16(8-17)9-18(24)7-15)25-20-1-2-28(12-21(20)26-14-27-25)23(34)13-29-11-19(32)10-22(29)33/h14-19,24,31-32H,1-13H2. The number of anilines is 1. The highest BCUT2D eigenvalue weighted by Gasteiger charge is 2.50. The van der Waals surface area contributed by atoms with Crippen LogP contribution in [-0.4, -0.2) is 86.7 Å². The van der Waals surface area contributed by atoms with Gasteiger partial charge in [0.2, 0.25) is 11.8 Å². The van der Waals surface area contributed by atoms with Gasteiger partial charge < -0.3 is 24.9 Å². The normalized spacial score (nSPS) is 34.0. The summed E-state index contributed by atoms with van der Waals surface area (Å²) in [6, 6.07) is 0.436. The van der Waals surface area contributed by atoms with Gasteiger partial charge in [0.05, 0.1) is 37.9 Å². The molecule has 9 nitrogen and oxygen atoms in total. The first-order valence-electron chi connectivity index (χ1n) is 12.9. The summed E-state index contributed by atoms with van der Waals surface area (Å²) in [6.07, 6.45) is 8.31. The first-order valence-corrected chi connectivity index (χ1v) is 12.9. The van der Waals surface area contributed by atoms with E-state index in [4.69, 9.17) is 4.98 Å². The second-order valence-corrected chi connectivity index (χ2v) is 11.2. The number of amides is 2. The van der Waals surface area contributed by atoms with E-state index in [-0.39, 0.29) is 37.9 Å². The van der Waals surface area contributed by atoms with Crippen LogP contribution in [0.15, 0.2) is 6.33 Å². The molecule has 1 aromatic heterocycles. The molecule has 9 heteroatoms. The molecule has 2 N–H and O–H groups in total. The van der Waals surface area contributed by atoms with Crippen LogP contribution in [0.5, 0.6) is 0 Å². The summed E-state index contributed by atoms with van der Waals surface area (Å²) in [6.45, 7) is 1.88. The van der Waals surface area contributed by atoms with Crippen LogP contribution in [0.4, 0.5) is 5.82 Å². The minimum Gasteiger partial charge on any atom is -0.395 e. The van der Waals surface area contributed by atoms with Gasteiger partial charge in [-0.15, -0.1) is 0 Å². The lowest BCUT2D eigenvalue weighted by Gasteiger charge is -2.57. The van der Waals surface area contributed by atoms with Crippen molar-refractivity contribution >= 4 is 17.6 Å². The van der Waals surface area contributed by atoms with Gasteiger partial charge in [-0.05, 0) is 62.2 Å². The smallest absolute Gasteiger partial charge is 0.242 e. The summed E-state index contributed by atoms with van der Waals surface area (Å²) < 4.78 is 0. The Morgan fingerprint density at radius 2 is 1.85 bits per heavy atom. The third kappa shape index (κ3) is 3.86. The van der Waals surface area contributed by atoms with Crippen molar-refractivity contribution in [1.29, 1.82) is 0 Å². The van der Waals surface area contributed by atoms with E-state index >= 15 is 0 Å². The number of fused-ring (bicyclic) bond motifs is 1. The number of aliphatic hydroxyl groups is 2. The average Bonchev–Trinajstić information content (AvgIpc) is 3.13. The molecule has 6 aliphatic rings. The molecule has 0 spiro atoms. The van der Waals surface area contributed by atoms with Crippen molar-refractivity contribution in [2.75, 3.05) is 37.7 Å². The summed E-state index contributed by atoms with van der Waals surface area (Å²) >= 11 is 0. The van der Waals surface area contributed by atoms with Crippen molar-refractivity contribution in [3.8, 4) is 0 Å². The topological polar surface area (TPSA) is 110 Å². The van der Waals surface area contributed by atoms with Crippen LogP contribution in [0, 0.1) is 23.7 Å². The maximum Gasteiger partial charge on any atom is 0.242 e. The zero-order valence-electron chi connectivity index (χ0n) is 19.7. The van der Waals surface area contributed by atoms with Crippen molar-refractivity contribution in [2.45, 2.75) is 63.6 Å². The number of nitrogens with zero attached hydrogens (tertiary/aromatic N) is 5. The molecule has 1 unspecified atom stereocenters. The Morgan fingerprint density at radius 3 is 2.50 bits per heavy atom. The van der Waals surface area contributed by atoms with Gasteiger partial charge >= 0.3 is 0 Å². The molecule has 1 saturated heterocycles. The molecule has 0 radical (unpaired) electrons. The molecule has 2 aliphatic heterocycles. The number of β-amino-alcohol motifs (C(OH)–C–C–N with tert-alkyl or cyclic N) is 1. The Bertz CT molecular complexity index is 943. The fourth-order valence-corrected chi connectivity index (χ4v) is 7.87. The number of aromatic nitrogens is 2. The quantitative estimate of drug-likeness (QED) is 0.627. The molecule has 5 fully saturated rings. The molecule has 0 aromatic carbocycles. The molecular weight excluding hydrogens is 434 g/mol. The molecule has 2 amide bonds. The number of rotatable bonds is 6. The van der Waals surface area contributed by atoms with Crippen LogP contribution in [0.2, 0.25) is 0 Å². The van der Waals surface area contributed by atoms with Crippen molar-refractivity contribution in [3.05, 3.63) is 17.6 Å². The number of carbonyl (C=O) groups excluding carboxylic acids is 2. The predicted molar refractivity (Wildman–Crippen MR) is 124 cm³/mol. The van der Waals surface area contributed by atoms with Gasteiger partial charge in [0.1, 0.15) is 12.1 Å². The summed E-state index contributed by atoms with van der Waals surface area (Å²) in [7, 11) is 0. The molecule has 34 heavy (non-hydrogen) atoms. The Balaban J connectivity index is 1.21. The van der Waals surface area contributed by atoms with E-state index in [2.05, 4.69) is 9.88 Å². The molecule has 1 atom stereocenters. The van der Waals surface area contributed by atoms with Crippen LogP contribution in [-0.2, 0) is 22.6 Å². The maximum atomic E-state index is 12.9. The Hall–Kier alpha value is -2.26. The van der Waals surface area contributed by atoms with E-state index in [9.17, 15) is 19.8 Å². The number of carbonyl (C=O) groups is 2. The van der Waals surface area contributed by atoms with Crippen LogP contribution in [0.25, 0.3) is 0 Å². The third-order valence-electron chi connectivity index (χ3n) is 9.01. The van der Waals surface area contributed by atoms with Crippen LogP contribution in [0.3, 0.4) is 0 Å². The third-order valence-corrected chi connectivity index (χ3v) is 9.01.